The van der Waals surface area contributed by atoms with Gasteiger partial charge in [-0.2, -0.15) is 0 Å². The summed E-state index contributed by atoms with van der Waals surface area (Å²) in [5, 5.41) is 0. The molecule has 0 amide bonds. The number of hydrogen-bond donors (Lipinski definition) is 0. The van der Waals surface area contributed by atoms with Crippen LogP contribution in [0.2, 0.25) is 0 Å². The van der Waals surface area contributed by atoms with Gasteiger partial charge in [-0.15, -0.1) is 0 Å². The van der Waals surface area contributed by atoms with Crippen LogP contribution in [-0.4, -0.2) is 195 Å². The van der Waals surface area contributed by atoms with E-state index in [2.05, 4.69) is 0 Å². The second-order valence-corrected chi connectivity index (χ2v) is 0. The van der Waals surface area contributed by atoms with Gasteiger partial charge in [0.25, 0.3) is 0 Å². The van der Waals surface area contributed by atoms with Gasteiger partial charge in [0.05, 0.1) is 0 Å². The predicted octanol–water partition coefficient (Wildman–Crippen LogP) is -3.06. The summed E-state index contributed by atoms with van der Waals surface area (Å²) in [6.45, 7) is 0. The SMILES string of the molecule is [Cu].[Cu].[Cu].[Cu].[Cu].[Sb].[Sb].[Sb].[Sb].[Sb].[Sb].[Sb].[Sb]. The smallest absolute Gasteiger partial charge is 0 e. The van der Waals surface area contributed by atoms with Crippen LogP contribution in [0.25, 0.3) is 0 Å². The first-order valence-electron chi connectivity index (χ1n) is 0. The van der Waals surface area contributed by atoms with Crippen molar-refractivity contribution < 1.29 is 85.3 Å². The Kier molecular flexibility index (Phi) is 935. The third kappa shape index (κ3) is 92.7. The van der Waals surface area contributed by atoms with E-state index >= 15 is 0 Å². The van der Waals surface area contributed by atoms with Crippen molar-refractivity contribution in [1.82, 2.24) is 0 Å². The van der Waals surface area contributed by atoms with E-state index in [1.807, 2.05) is 0 Å². The Hall–Kier alpha value is 9.14. The minimum Gasteiger partial charge on any atom is 0 e. The standard InChI is InChI=1S/5Cu.8Sb. The summed E-state index contributed by atoms with van der Waals surface area (Å²) in [7, 11) is 0. The molecule has 0 spiro atoms. The Morgan fingerprint density at radius 3 is 0.154 bits per heavy atom. The molecule has 0 saturated carbocycles. The van der Waals surface area contributed by atoms with Crippen LogP contribution in [0.5, 0.6) is 0 Å². The van der Waals surface area contributed by atoms with Crippen LogP contribution >= 0.6 is 0 Å². The molecule has 0 fully saturated rings. The monoisotopic (exact) mass is 1280 g/mol. The maximum Gasteiger partial charge on any atom is 0 e. The Morgan fingerprint density at radius 1 is 0.154 bits per heavy atom. The van der Waals surface area contributed by atoms with E-state index in [1.165, 1.54) is 0 Å². The van der Waals surface area contributed by atoms with Crippen LogP contribution in [0.3, 0.4) is 0 Å². The summed E-state index contributed by atoms with van der Waals surface area (Å²) in [5.74, 6) is 0. The molecule has 0 N–H and O–H groups in total. The van der Waals surface area contributed by atoms with E-state index in [0.717, 1.165) is 0 Å². The Morgan fingerprint density at radius 2 is 0.154 bits per heavy atom. The van der Waals surface area contributed by atoms with Crippen molar-refractivity contribution in [2.45, 2.75) is 0 Å². The molecular weight excluding hydrogens is 1290 g/mol. The second kappa shape index (κ2) is 103. The zero-order valence-corrected chi connectivity index (χ0v) is 30.2. The minimum atomic E-state index is 0. The van der Waals surface area contributed by atoms with Crippen molar-refractivity contribution in [2.24, 2.45) is 0 Å². The summed E-state index contributed by atoms with van der Waals surface area (Å²) in [6, 6.07) is 0. The molecule has 0 unspecified atom stereocenters. The first kappa shape index (κ1) is 118. The molecule has 0 aromatic carbocycles. The molecule has 0 aliphatic carbocycles. The van der Waals surface area contributed by atoms with Gasteiger partial charge in [0.2, 0.25) is 0 Å². The predicted molar refractivity (Wildman–Crippen MR) is 46.0 cm³/mol. The van der Waals surface area contributed by atoms with Crippen LogP contribution in [0.15, 0.2) is 0 Å². The fourth-order valence-electron chi connectivity index (χ4n) is 0. The average Bonchev–Trinajstić information content (AvgIpc) is 0. The van der Waals surface area contributed by atoms with Crippen molar-refractivity contribution in [3.05, 3.63) is 0 Å². The van der Waals surface area contributed by atoms with Gasteiger partial charge in [0.1, 0.15) is 0 Å². The van der Waals surface area contributed by atoms with Crippen molar-refractivity contribution in [1.29, 1.82) is 0 Å². The van der Waals surface area contributed by atoms with E-state index < -0.39 is 0 Å². The Bertz CT molecular complexity index is 12.5. The van der Waals surface area contributed by atoms with E-state index in [4.69, 9.17) is 0 Å². The minimum absolute atomic E-state index is 0. The van der Waals surface area contributed by atoms with Gasteiger partial charge in [0, 0.05) is 281 Å². The number of hydrogen-bond acceptors (Lipinski definition) is 0. The van der Waals surface area contributed by atoms with Crippen molar-refractivity contribution in [3.8, 4) is 0 Å². The van der Waals surface area contributed by atoms with Crippen LogP contribution in [0, 0.1) is 0 Å². The van der Waals surface area contributed by atoms with Gasteiger partial charge in [-0.1, -0.05) is 0 Å². The van der Waals surface area contributed by atoms with Gasteiger partial charge in [-0.3, -0.25) is 0 Å². The molecule has 29 radical (unpaired) electrons. The molecule has 0 aliphatic heterocycles. The van der Waals surface area contributed by atoms with Gasteiger partial charge in [-0.05, 0) is 0 Å². The Labute approximate surface area is 273 Å². The molecule has 95 valence electrons. The molecule has 13 heavy (non-hydrogen) atoms. The topological polar surface area (TPSA) is 0 Å². The summed E-state index contributed by atoms with van der Waals surface area (Å²) in [6.07, 6.45) is 0. The maximum absolute atomic E-state index is 0. The molecule has 0 heterocycles. The summed E-state index contributed by atoms with van der Waals surface area (Å²) >= 11 is 0. The van der Waals surface area contributed by atoms with Gasteiger partial charge >= 0.3 is 0 Å². The normalized spacial score (nSPS) is 0. The fraction of sp³-hybridized carbons (Fsp3) is 0. The molecule has 0 nitrogen and oxygen atoms in total. The third-order valence-corrected chi connectivity index (χ3v) is 0. The van der Waals surface area contributed by atoms with Gasteiger partial charge in [0.15, 0.2) is 0 Å². The third-order valence-electron chi connectivity index (χ3n) is 0. The molecule has 0 aromatic heterocycles. The molecule has 0 bridgehead atoms. The Balaban J connectivity index is 0. The largest absolute Gasteiger partial charge is 0 e. The van der Waals surface area contributed by atoms with Gasteiger partial charge < -0.3 is 0 Å². The van der Waals surface area contributed by atoms with Crippen LogP contribution < -0.4 is 0 Å². The quantitative estimate of drug-likeness (QED) is 0.227. The maximum atomic E-state index is 0. The van der Waals surface area contributed by atoms with E-state index in [-0.39, 0.29) is 281 Å². The first-order valence-corrected chi connectivity index (χ1v) is 0. The van der Waals surface area contributed by atoms with E-state index in [9.17, 15) is 0 Å². The van der Waals surface area contributed by atoms with Crippen LogP contribution in [-0.2, 0) is 85.3 Å². The first-order chi connectivity index (χ1) is 0. The molecular formula is Cu5Sb8. The molecule has 0 aliphatic rings. The molecule has 0 rings (SSSR count). The summed E-state index contributed by atoms with van der Waals surface area (Å²) < 4.78 is 0. The summed E-state index contributed by atoms with van der Waals surface area (Å²) in [4.78, 5) is 0. The zero-order valence-electron chi connectivity index (χ0n) is 5.09. The van der Waals surface area contributed by atoms with Crippen molar-refractivity contribution >= 4 is 195 Å². The number of rotatable bonds is 0. The van der Waals surface area contributed by atoms with Gasteiger partial charge in [-0.25, -0.2) is 0 Å². The van der Waals surface area contributed by atoms with E-state index in [0.29, 0.717) is 0 Å². The molecule has 0 atom stereocenters. The molecule has 0 aromatic rings. The van der Waals surface area contributed by atoms with Crippen molar-refractivity contribution in [2.75, 3.05) is 0 Å². The fourth-order valence-corrected chi connectivity index (χ4v) is 0. The van der Waals surface area contributed by atoms with Crippen molar-refractivity contribution in [3.63, 3.8) is 0 Å². The zero-order chi connectivity index (χ0) is 0. The van der Waals surface area contributed by atoms with E-state index in [1.54, 1.807) is 0 Å². The second-order valence-electron chi connectivity index (χ2n) is 0. The molecule has 0 saturated heterocycles. The average molecular weight is 1290 g/mol. The van der Waals surface area contributed by atoms with Crippen LogP contribution in [0.1, 0.15) is 0 Å². The summed E-state index contributed by atoms with van der Waals surface area (Å²) in [5.41, 5.74) is 0. The molecule has 13 heteroatoms. The van der Waals surface area contributed by atoms with Crippen LogP contribution in [0.4, 0.5) is 0 Å².